The van der Waals surface area contributed by atoms with Gasteiger partial charge in [0.05, 0.1) is 6.10 Å². The zero-order chi connectivity index (χ0) is 10.4. The van der Waals surface area contributed by atoms with Crippen LogP contribution in [-0.2, 0) is 9.59 Å². The number of carboxylic acids is 2. The van der Waals surface area contributed by atoms with Crippen LogP contribution >= 0.6 is 0 Å². The summed E-state index contributed by atoms with van der Waals surface area (Å²) in [5.41, 5.74) is 0. The van der Waals surface area contributed by atoms with Crippen molar-refractivity contribution in [1.82, 2.24) is 0 Å². The van der Waals surface area contributed by atoms with Crippen LogP contribution in [0.2, 0.25) is 0 Å². The highest BCUT2D eigenvalue weighted by molar-refractivity contribution is 5.72. The molecule has 0 heterocycles. The quantitative estimate of drug-likeness (QED) is 0.431. The summed E-state index contributed by atoms with van der Waals surface area (Å²) in [6, 6.07) is 0. The molecule has 0 saturated heterocycles. The molecule has 0 bridgehead atoms. The van der Waals surface area contributed by atoms with E-state index in [2.05, 4.69) is 0 Å². The molecule has 0 radical (unpaired) electrons. The van der Waals surface area contributed by atoms with Crippen LogP contribution in [0.4, 0.5) is 0 Å². The minimum Gasteiger partial charge on any atom is -0.481 e. The number of aliphatic carboxylic acids is 2. The van der Waals surface area contributed by atoms with Crippen LogP contribution in [0, 0.1) is 0 Å². The summed E-state index contributed by atoms with van der Waals surface area (Å²) in [4.78, 5) is 20.1. The van der Waals surface area contributed by atoms with Gasteiger partial charge in [-0.2, -0.15) is 0 Å². The smallest absolute Gasteiger partial charge is 0.335 e. The Balaban J connectivity index is 3.67. The highest BCUT2D eigenvalue weighted by Crippen LogP contribution is 2.05. The first kappa shape index (κ1) is 11.9. The maximum Gasteiger partial charge on any atom is 0.335 e. The second-order valence-corrected chi connectivity index (χ2v) is 2.64. The van der Waals surface area contributed by atoms with Gasteiger partial charge >= 0.3 is 11.9 Å². The van der Waals surface area contributed by atoms with Crippen molar-refractivity contribution in [2.45, 2.75) is 31.5 Å². The van der Waals surface area contributed by atoms with Gasteiger partial charge in [0.25, 0.3) is 0 Å². The van der Waals surface area contributed by atoms with Gasteiger partial charge < -0.3 is 20.4 Å². The van der Waals surface area contributed by atoms with Gasteiger partial charge in [0.15, 0.2) is 6.10 Å². The number of aliphatic hydroxyl groups is 2. The lowest BCUT2D eigenvalue weighted by atomic mass is 10.1. The Labute approximate surface area is 74.4 Å². The van der Waals surface area contributed by atoms with Crippen molar-refractivity contribution < 1.29 is 30.0 Å². The SMILES string of the molecule is O=C(O)CCCC(O)C(O)C(=O)O. The summed E-state index contributed by atoms with van der Waals surface area (Å²) < 4.78 is 0. The summed E-state index contributed by atoms with van der Waals surface area (Å²) >= 11 is 0. The molecule has 76 valence electrons. The van der Waals surface area contributed by atoms with Gasteiger partial charge in [-0.25, -0.2) is 4.79 Å². The monoisotopic (exact) mass is 192 g/mol. The van der Waals surface area contributed by atoms with E-state index in [1.165, 1.54) is 0 Å². The zero-order valence-electron chi connectivity index (χ0n) is 6.88. The molecule has 0 spiro atoms. The summed E-state index contributed by atoms with van der Waals surface area (Å²) in [6.45, 7) is 0. The van der Waals surface area contributed by atoms with E-state index < -0.39 is 24.1 Å². The van der Waals surface area contributed by atoms with Crippen LogP contribution in [0.25, 0.3) is 0 Å². The van der Waals surface area contributed by atoms with Crippen molar-refractivity contribution in [2.24, 2.45) is 0 Å². The van der Waals surface area contributed by atoms with Crippen LogP contribution < -0.4 is 0 Å². The molecule has 0 saturated carbocycles. The Hall–Kier alpha value is -1.14. The molecule has 0 aromatic carbocycles. The fourth-order valence-corrected chi connectivity index (χ4v) is 0.785. The lowest BCUT2D eigenvalue weighted by Crippen LogP contribution is -2.33. The predicted octanol–water partition coefficient (Wildman–Crippen LogP) is -0.952. The highest BCUT2D eigenvalue weighted by atomic mass is 16.4. The van der Waals surface area contributed by atoms with Crippen LogP contribution in [0.3, 0.4) is 0 Å². The molecule has 4 N–H and O–H groups in total. The Kier molecular flexibility index (Phi) is 5.01. The first-order valence-corrected chi connectivity index (χ1v) is 3.76. The van der Waals surface area contributed by atoms with Crippen LogP contribution in [0.5, 0.6) is 0 Å². The first-order valence-electron chi connectivity index (χ1n) is 3.76. The van der Waals surface area contributed by atoms with E-state index in [1.807, 2.05) is 0 Å². The molecule has 0 amide bonds. The Bertz CT molecular complexity index is 189. The third kappa shape index (κ3) is 5.15. The fourth-order valence-electron chi connectivity index (χ4n) is 0.785. The molecule has 0 aromatic heterocycles. The standard InChI is InChI=1S/C7H12O6/c8-4(6(11)7(12)13)2-1-3-5(9)10/h4,6,8,11H,1-3H2,(H,9,10)(H,12,13). The topological polar surface area (TPSA) is 115 Å². The lowest BCUT2D eigenvalue weighted by molar-refractivity contribution is -0.153. The third-order valence-electron chi connectivity index (χ3n) is 1.51. The van der Waals surface area contributed by atoms with Crippen molar-refractivity contribution in [1.29, 1.82) is 0 Å². The Morgan fingerprint density at radius 2 is 1.69 bits per heavy atom. The summed E-state index contributed by atoms with van der Waals surface area (Å²) in [7, 11) is 0. The first-order chi connectivity index (χ1) is 5.95. The Morgan fingerprint density at radius 1 is 1.15 bits per heavy atom. The summed E-state index contributed by atoms with van der Waals surface area (Å²) in [6.07, 6.45) is -3.30. The maximum absolute atomic E-state index is 10.1. The average molecular weight is 192 g/mol. The molecule has 0 aromatic rings. The molecule has 0 rings (SSSR count). The van der Waals surface area contributed by atoms with E-state index >= 15 is 0 Å². The Morgan fingerprint density at radius 3 is 2.08 bits per heavy atom. The average Bonchev–Trinajstić information content (AvgIpc) is 2.02. The molecule has 0 aliphatic rings. The molecular weight excluding hydrogens is 180 g/mol. The van der Waals surface area contributed by atoms with Crippen LogP contribution in [-0.4, -0.2) is 44.6 Å². The van der Waals surface area contributed by atoms with Crippen molar-refractivity contribution in [3.05, 3.63) is 0 Å². The molecule has 13 heavy (non-hydrogen) atoms. The number of carboxylic acid groups (broad SMARTS) is 2. The van der Waals surface area contributed by atoms with Gasteiger partial charge in [-0.15, -0.1) is 0 Å². The summed E-state index contributed by atoms with van der Waals surface area (Å²) in [5.74, 6) is -2.53. The van der Waals surface area contributed by atoms with E-state index in [0.717, 1.165) is 0 Å². The lowest BCUT2D eigenvalue weighted by Gasteiger charge is -2.12. The van der Waals surface area contributed by atoms with E-state index in [4.69, 9.17) is 20.4 Å². The van der Waals surface area contributed by atoms with Crippen LogP contribution in [0.15, 0.2) is 0 Å². The van der Waals surface area contributed by atoms with Gasteiger partial charge in [-0.3, -0.25) is 4.79 Å². The number of hydrogen-bond donors (Lipinski definition) is 4. The molecule has 2 atom stereocenters. The normalized spacial score (nSPS) is 14.9. The van der Waals surface area contributed by atoms with Crippen LogP contribution in [0.1, 0.15) is 19.3 Å². The minimum absolute atomic E-state index is 0.0419. The van der Waals surface area contributed by atoms with E-state index in [-0.39, 0.29) is 19.3 Å². The van der Waals surface area contributed by atoms with Crippen molar-refractivity contribution in [3.63, 3.8) is 0 Å². The minimum atomic E-state index is -1.84. The molecule has 2 unspecified atom stereocenters. The van der Waals surface area contributed by atoms with E-state index in [1.54, 1.807) is 0 Å². The number of hydrogen-bond acceptors (Lipinski definition) is 4. The zero-order valence-corrected chi connectivity index (χ0v) is 6.88. The van der Waals surface area contributed by atoms with Crippen molar-refractivity contribution >= 4 is 11.9 Å². The molecule has 0 fully saturated rings. The predicted molar refractivity (Wildman–Crippen MR) is 41.1 cm³/mol. The molecule has 6 nitrogen and oxygen atoms in total. The highest BCUT2D eigenvalue weighted by Gasteiger charge is 2.22. The molecule has 0 aliphatic carbocycles. The third-order valence-corrected chi connectivity index (χ3v) is 1.51. The van der Waals surface area contributed by atoms with Gasteiger partial charge in [0.2, 0.25) is 0 Å². The van der Waals surface area contributed by atoms with Crippen molar-refractivity contribution in [3.8, 4) is 0 Å². The fraction of sp³-hybridized carbons (Fsp3) is 0.714. The van der Waals surface area contributed by atoms with E-state index in [9.17, 15) is 9.59 Å². The van der Waals surface area contributed by atoms with Gasteiger partial charge in [-0.1, -0.05) is 0 Å². The summed E-state index contributed by atoms with van der Waals surface area (Å²) in [5, 5.41) is 34.2. The van der Waals surface area contributed by atoms with Crippen molar-refractivity contribution in [2.75, 3.05) is 0 Å². The largest absolute Gasteiger partial charge is 0.481 e. The second-order valence-electron chi connectivity index (χ2n) is 2.64. The van der Waals surface area contributed by atoms with Gasteiger partial charge in [0.1, 0.15) is 0 Å². The number of rotatable bonds is 6. The molecular formula is C7H12O6. The number of aliphatic hydroxyl groups excluding tert-OH is 2. The number of carbonyl (C=O) groups is 2. The van der Waals surface area contributed by atoms with E-state index in [0.29, 0.717) is 0 Å². The van der Waals surface area contributed by atoms with Gasteiger partial charge in [-0.05, 0) is 12.8 Å². The van der Waals surface area contributed by atoms with Gasteiger partial charge in [0, 0.05) is 6.42 Å². The molecule has 0 aliphatic heterocycles. The second kappa shape index (κ2) is 5.50. The maximum atomic E-state index is 10.1. The molecule has 6 heteroatoms.